The minimum absolute atomic E-state index is 0.229. The highest BCUT2D eigenvalue weighted by Gasteiger charge is 2.18. The number of hydrogen-bond donors (Lipinski definition) is 2. The average molecular weight is 236 g/mol. The fourth-order valence-electron chi connectivity index (χ4n) is 2.53. The van der Waals surface area contributed by atoms with E-state index in [1.54, 1.807) is 0 Å². The summed E-state index contributed by atoms with van der Waals surface area (Å²) in [6.45, 7) is 2.32. The Labute approximate surface area is 101 Å². The minimum atomic E-state index is -0.514. The van der Waals surface area contributed by atoms with Gasteiger partial charge in [0.2, 0.25) is 0 Å². The van der Waals surface area contributed by atoms with Gasteiger partial charge in [-0.15, -0.1) is 0 Å². The molecule has 0 unspecified atom stereocenters. The standard InChI is InChI=1S/C13H20N2O2/c1-9-2-4-10(5-3-9)6-7-11-8-12(16)13(17)15-14-11/h8-10H,2-7H2,1H3,(H,14,16)(H,15,17). The second kappa shape index (κ2) is 5.34. The molecule has 0 radical (unpaired) electrons. The van der Waals surface area contributed by atoms with Crippen LogP contribution in [-0.4, -0.2) is 15.3 Å². The third-order valence-electron chi connectivity index (χ3n) is 3.78. The Kier molecular flexibility index (Phi) is 3.82. The Morgan fingerprint density at radius 1 is 1.41 bits per heavy atom. The molecule has 0 bridgehead atoms. The Morgan fingerprint density at radius 3 is 2.76 bits per heavy atom. The Hall–Kier alpha value is -1.32. The van der Waals surface area contributed by atoms with Crippen LogP contribution in [0, 0.1) is 11.8 Å². The highest BCUT2D eigenvalue weighted by molar-refractivity contribution is 5.17. The van der Waals surface area contributed by atoms with E-state index in [1.807, 2.05) is 0 Å². The smallest absolute Gasteiger partial charge is 0.306 e. The molecule has 0 spiro atoms. The predicted molar refractivity (Wildman–Crippen MR) is 66.0 cm³/mol. The van der Waals surface area contributed by atoms with Gasteiger partial charge in [0.1, 0.15) is 0 Å². The molecule has 94 valence electrons. The van der Waals surface area contributed by atoms with Crippen molar-refractivity contribution in [2.75, 3.05) is 0 Å². The van der Waals surface area contributed by atoms with Crippen LogP contribution in [0.1, 0.15) is 44.7 Å². The van der Waals surface area contributed by atoms with Crippen molar-refractivity contribution >= 4 is 0 Å². The van der Waals surface area contributed by atoms with E-state index < -0.39 is 5.56 Å². The van der Waals surface area contributed by atoms with E-state index in [-0.39, 0.29) is 5.75 Å². The summed E-state index contributed by atoms with van der Waals surface area (Å²) in [7, 11) is 0. The quantitative estimate of drug-likeness (QED) is 0.845. The summed E-state index contributed by atoms with van der Waals surface area (Å²) in [5.41, 5.74) is 0.265. The first-order valence-electron chi connectivity index (χ1n) is 6.42. The number of aryl methyl sites for hydroxylation is 1. The van der Waals surface area contributed by atoms with Crippen LogP contribution in [0.25, 0.3) is 0 Å². The van der Waals surface area contributed by atoms with Gasteiger partial charge < -0.3 is 5.11 Å². The van der Waals surface area contributed by atoms with Gasteiger partial charge in [0.15, 0.2) is 5.75 Å². The summed E-state index contributed by atoms with van der Waals surface area (Å²) in [5.74, 6) is 1.43. The lowest BCUT2D eigenvalue weighted by molar-refractivity contribution is 0.277. The number of nitrogens with one attached hydrogen (secondary N) is 1. The molecule has 0 aliphatic heterocycles. The maximum atomic E-state index is 10.9. The van der Waals surface area contributed by atoms with Gasteiger partial charge in [-0.25, -0.2) is 5.10 Å². The van der Waals surface area contributed by atoms with Gasteiger partial charge in [-0.1, -0.05) is 32.6 Å². The first kappa shape index (κ1) is 12.1. The van der Waals surface area contributed by atoms with E-state index >= 15 is 0 Å². The zero-order valence-corrected chi connectivity index (χ0v) is 10.3. The Balaban J connectivity index is 1.85. The molecule has 0 aromatic carbocycles. The predicted octanol–water partition coefficient (Wildman–Crippen LogP) is 2.23. The van der Waals surface area contributed by atoms with E-state index in [9.17, 15) is 9.90 Å². The number of hydrogen-bond acceptors (Lipinski definition) is 3. The molecule has 17 heavy (non-hydrogen) atoms. The fraction of sp³-hybridized carbons (Fsp3) is 0.692. The normalized spacial score (nSPS) is 24.8. The Bertz CT molecular complexity index is 420. The molecule has 0 amide bonds. The van der Waals surface area contributed by atoms with Gasteiger partial charge in [0, 0.05) is 6.07 Å². The maximum absolute atomic E-state index is 10.9. The van der Waals surface area contributed by atoms with Crippen LogP contribution in [0.2, 0.25) is 0 Å². The monoisotopic (exact) mass is 236 g/mol. The molecule has 1 aromatic heterocycles. The van der Waals surface area contributed by atoms with E-state index in [2.05, 4.69) is 17.1 Å². The number of aromatic amines is 1. The summed E-state index contributed by atoms with van der Waals surface area (Å²) >= 11 is 0. The molecule has 1 heterocycles. The molecule has 1 aliphatic carbocycles. The van der Waals surface area contributed by atoms with Gasteiger partial charge in [-0.3, -0.25) is 4.79 Å². The lowest BCUT2D eigenvalue weighted by Crippen LogP contribution is -2.14. The number of aromatic hydroxyl groups is 1. The molecule has 1 saturated carbocycles. The number of aromatic nitrogens is 2. The molecule has 0 atom stereocenters. The van der Waals surface area contributed by atoms with E-state index in [4.69, 9.17) is 0 Å². The van der Waals surface area contributed by atoms with Crippen molar-refractivity contribution in [2.24, 2.45) is 11.8 Å². The first-order chi connectivity index (χ1) is 8.15. The summed E-state index contributed by atoms with van der Waals surface area (Å²) < 4.78 is 0. The largest absolute Gasteiger partial charge is 0.503 e. The number of nitrogens with zero attached hydrogens (tertiary/aromatic N) is 1. The number of rotatable bonds is 3. The van der Waals surface area contributed by atoms with Gasteiger partial charge in [-0.2, -0.15) is 5.10 Å². The highest BCUT2D eigenvalue weighted by atomic mass is 16.3. The lowest BCUT2D eigenvalue weighted by Gasteiger charge is -2.25. The SMILES string of the molecule is CC1CCC(CCc2cc(O)c(=O)[nH]n2)CC1. The van der Waals surface area contributed by atoms with Gasteiger partial charge >= 0.3 is 5.56 Å². The average Bonchev–Trinajstić information content (AvgIpc) is 2.33. The van der Waals surface area contributed by atoms with Crippen molar-refractivity contribution in [3.05, 3.63) is 22.1 Å². The van der Waals surface area contributed by atoms with Crippen LogP contribution >= 0.6 is 0 Å². The van der Waals surface area contributed by atoms with Crippen molar-refractivity contribution in [1.82, 2.24) is 10.2 Å². The van der Waals surface area contributed by atoms with Crippen molar-refractivity contribution in [3.63, 3.8) is 0 Å². The summed E-state index contributed by atoms with van der Waals surface area (Å²) in [5, 5.41) is 15.5. The van der Waals surface area contributed by atoms with Crippen molar-refractivity contribution < 1.29 is 5.11 Å². The molecule has 0 saturated heterocycles. The van der Waals surface area contributed by atoms with Gasteiger partial charge in [0.05, 0.1) is 5.69 Å². The van der Waals surface area contributed by atoms with E-state index in [0.29, 0.717) is 0 Å². The molecular weight excluding hydrogens is 216 g/mol. The molecule has 1 aliphatic rings. The second-order valence-electron chi connectivity index (χ2n) is 5.24. The van der Waals surface area contributed by atoms with E-state index in [1.165, 1.54) is 31.7 Å². The maximum Gasteiger partial charge on any atom is 0.306 e. The molecule has 4 heteroatoms. The van der Waals surface area contributed by atoms with E-state index in [0.717, 1.165) is 30.4 Å². The summed E-state index contributed by atoms with van der Waals surface area (Å²) in [6, 6.07) is 1.48. The van der Waals surface area contributed by atoms with Crippen molar-refractivity contribution in [3.8, 4) is 5.75 Å². The lowest BCUT2D eigenvalue weighted by atomic mass is 9.81. The second-order valence-corrected chi connectivity index (χ2v) is 5.24. The summed E-state index contributed by atoms with van der Waals surface area (Å²) in [4.78, 5) is 10.9. The zero-order valence-electron chi connectivity index (χ0n) is 10.3. The van der Waals surface area contributed by atoms with Crippen LogP contribution in [0.3, 0.4) is 0 Å². The van der Waals surface area contributed by atoms with Crippen LogP contribution in [0.15, 0.2) is 10.9 Å². The molecular formula is C13H20N2O2. The van der Waals surface area contributed by atoms with Crippen molar-refractivity contribution in [1.29, 1.82) is 0 Å². The number of H-pyrrole nitrogens is 1. The zero-order chi connectivity index (χ0) is 12.3. The molecule has 4 nitrogen and oxygen atoms in total. The molecule has 1 fully saturated rings. The third kappa shape index (κ3) is 3.32. The first-order valence-corrected chi connectivity index (χ1v) is 6.42. The van der Waals surface area contributed by atoms with Gasteiger partial charge in [-0.05, 0) is 24.7 Å². The fourth-order valence-corrected chi connectivity index (χ4v) is 2.53. The minimum Gasteiger partial charge on any atom is -0.503 e. The van der Waals surface area contributed by atoms with Crippen molar-refractivity contribution in [2.45, 2.75) is 45.4 Å². The Morgan fingerprint density at radius 2 is 2.12 bits per heavy atom. The molecule has 2 N–H and O–H groups in total. The summed E-state index contributed by atoms with van der Waals surface area (Å²) in [6.07, 6.45) is 7.20. The van der Waals surface area contributed by atoms with Crippen LogP contribution < -0.4 is 5.56 Å². The van der Waals surface area contributed by atoms with Crippen LogP contribution in [0.5, 0.6) is 5.75 Å². The molecule has 2 rings (SSSR count). The van der Waals surface area contributed by atoms with Crippen LogP contribution in [0.4, 0.5) is 0 Å². The van der Waals surface area contributed by atoms with Gasteiger partial charge in [0.25, 0.3) is 0 Å². The highest BCUT2D eigenvalue weighted by Crippen LogP contribution is 2.30. The third-order valence-corrected chi connectivity index (χ3v) is 3.78. The molecule has 1 aromatic rings. The topological polar surface area (TPSA) is 66.0 Å². The van der Waals surface area contributed by atoms with Crippen LogP contribution in [-0.2, 0) is 6.42 Å².